The average molecular weight is 168 g/mol. The van der Waals surface area contributed by atoms with Gasteiger partial charge in [0, 0.05) is 19.0 Å². The average Bonchev–Trinajstić information content (AvgIpc) is 2.51. The minimum atomic E-state index is 0.613. The first-order chi connectivity index (χ1) is 5.74. The maximum Gasteiger partial charge on any atom is 0.0965 e. The molecule has 0 fully saturated rings. The van der Waals surface area contributed by atoms with Crippen molar-refractivity contribution in [3.05, 3.63) is 0 Å². The lowest BCUT2D eigenvalue weighted by atomic mass is 10.0. The molecule has 1 heterocycles. The maximum atomic E-state index is 4.41. The van der Waals surface area contributed by atoms with Gasteiger partial charge in [0.25, 0.3) is 0 Å². The second-order valence-corrected chi connectivity index (χ2v) is 3.84. The lowest BCUT2D eigenvalue weighted by Gasteiger charge is -2.21. The maximum absolute atomic E-state index is 4.41. The molecule has 0 saturated carbocycles. The zero-order valence-corrected chi connectivity index (χ0v) is 8.43. The first-order valence-corrected chi connectivity index (χ1v) is 5.04. The summed E-state index contributed by atoms with van der Waals surface area (Å²) in [6.45, 7) is 7.78. The largest absolute Gasteiger partial charge is 0.371 e. The molecule has 1 atom stereocenters. The van der Waals surface area contributed by atoms with Gasteiger partial charge in [-0.05, 0) is 18.8 Å². The summed E-state index contributed by atoms with van der Waals surface area (Å²) in [5, 5.41) is 3.52. The Balaban J connectivity index is 2.36. The van der Waals surface area contributed by atoms with Crippen molar-refractivity contribution >= 4 is 5.84 Å². The van der Waals surface area contributed by atoms with E-state index < -0.39 is 0 Å². The van der Waals surface area contributed by atoms with E-state index in [4.69, 9.17) is 0 Å². The minimum absolute atomic E-state index is 0.613. The van der Waals surface area contributed by atoms with E-state index in [-0.39, 0.29) is 0 Å². The third-order valence-corrected chi connectivity index (χ3v) is 2.47. The summed E-state index contributed by atoms with van der Waals surface area (Å²) in [7, 11) is 0. The van der Waals surface area contributed by atoms with Gasteiger partial charge in [0.05, 0.1) is 5.84 Å². The van der Waals surface area contributed by atoms with E-state index in [2.05, 4.69) is 31.1 Å². The molecule has 0 aromatic carbocycles. The Morgan fingerprint density at radius 3 is 2.67 bits per heavy atom. The summed E-state index contributed by atoms with van der Waals surface area (Å²) in [5.74, 6) is 1.94. The minimum Gasteiger partial charge on any atom is -0.371 e. The van der Waals surface area contributed by atoms with E-state index in [1.54, 1.807) is 0 Å². The van der Waals surface area contributed by atoms with Gasteiger partial charge < -0.3 is 5.32 Å². The third kappa shape index (κ3) is 2.50. The van der Waals surface area contributed by atoms with Crippen molar-refractivity contribution in [3.8, 4) is 0 Å². The van der Waals surface area contributed by atoms with Crippen LogP contribution >= 0.6 is 0 Å². The Kier molecular flexibility index (Phi) is 3.57. The Labute approximate surface area is 75.5 Å². The SMILES string of the molecule is CCC(NC1=NCCC1)C(C)C. The summed E-state index contributed by atoms with van der Waals surface area (Å²) in [6.07, 6.45) is 3.58. The lowest BCUT2D eigenvalue weighted by Crippen LogP contribution is -2.37. The molecule has 0 aliphatic carbocycles. The fourth-order valence-electron chi connectivity index (χ4n) is 1.61. The first-order valence-electron chi connectivity index (χ1n) is 5.04. The molecule has 2 nitrogen and oxygen atoms in total. The molecule has 0 spiro atoms. The van der Waals surface area contributed by atoms with Crippen molar-refractivity contribution in [2.75, 3.05) is 6.54 Å². The highest BCUT2D eigenvalue weighted by atomic mass is 15.0. The molecule has 0 aromatic heterocycles. The van der Waals surface area contributed by atoms with Gasteiger partial charge in [0.1, 0.15) is 0 Å². The highest BCUT2D eigenvalue weighted by Gasteiger charge is 2.14. The molecule has 0 amide bonds. The predicted molar refractivity (Wildman–Crippen MR) is 53.6 cm³/mol. The molecule has 1 rings (SSSR count). The molecule has 1 aliphatic heterocycles. The van der Waals surface area contributed by atoms with Crippen molar-refractivity contribution in [1.82, 2.24) is 5.32 Å². The molecular formula is C10H20N2. The zero-order chi connectivity index (χ0) is 8.97. The van der Waals surface area contributed by atoms with Crippen molar-refractivity contribution in [3.63, 3.8) is 0 Å². The molecule has 0 aromatic rings. The van der Waals surface area contributed by atoms with E-state index in [0.717, 1.165) is 13.0 Å². The Morgan fingerprint density at radius 1 is 1.50 bits per heavy atom. The topological polar surface area (TPSA) is 24.4 Å². The molecule has 2 heteroatoms. The van der Waals surface area contributed by atoms with E-state index in [0.29, 0.717) is 12.0 Å². The molecule has 0 radical (unpaired) electrons. The molecular weight excluding hydrogens is 148 g/mol. The van der Waals surface area contributed by atoms with Crippen LogP contribution in [0.15, 0.2) is 4.99 Å². The van der Waals surface area contributed by atoms with Gasteiger partial charge >= 0.3 is 0 Å². The molecule has 12 heavy (non-hydrogen) atoms. The van der Waals surface area contributed by atoms with Crippen LogP contribution < -0.4 is 5.32 Å². The highest BCUT2D eigenvalue weighted by molar-refractivity contribution is 5.83. The number of hydrogen-bond acceptors (Lipinski definition) is 2. The van der Waals surface area contributed by atoms with Crippen molar-refractivity contribution in [2.24, 2.45) is 10.9 Å². The van der Waals surface area contributed by atoms with E-state index in [1.165, 1.54) is 18.7 Å². The zero-order valence-electron chi connectivity index (χ0n) is 8.43. The van der Waals surface area contributed by atoms with Crippen LogP contribution in [0.25, 0.3) is 0 Å². The van der Waals surface area contributed by atoms with Crippen LogP contribution in [0.5, 0.6) is 0 Å². The Morgan fingerprint density at radius 2 is 2.25 bits per heavy atom. The molecule has 1 unspecified atom stereocenters. The van der Waals surface area contributed by atoms with Gasteiger partial charge in [-0.1, -0.05) is 20.8 Å². The van der Waals surface area contributed by atoms with Crippen LogP contribution in [-0.4, -0.2) is 18.4 Å². The second kappa shape index (κ2) is 4.48. The molecule has 70 valence electrons. The van der Waals surface area contributed by atoms with Crippen LogP contribution in [0, 0.1) is 5.92 Å². The monoisotopic (exact) mass is 168 g/mol. The smallest absolute Gasteiger partial charge is 0.0965 e. The highest BCUT2D eigenvalue weighted by Crippen LogP contribution is 2.08. The number of hydrogen-bond donors (Lipinski definition) is 1. The Bertz CT molecular complexity index is 161. The summed E-state index contributed by atoms with van der Waals surface area (Å²) in [6, 6.07) is 0.613. The van der Waals surface area contributed by atoms with E-state index in [1.807, 2.05) is 0 Å². The van der Waals surface area contributed by atoms with E-state index in [9.17, 15) is 0 Å². The molecule has 1 aliphatic rings. The number of nitrogens with one attached hydrogen (secondary N) is 1. The number of rotatable bonds is 3. The van der Waals surface area contributed by atoms with E-state index >= 15 is 0 Å². The third-order valence-electron chi connectivity index (χ3n) is 2.47. The van der Waals surface area contributed by atoms with Crippen molar-refractivity contribution in [2.45, 2.75) is 46.1 Å². The number of nitrogens with zero attached hydrogens (tertiary/aromatic N) is 1. The lowest BCUT2D eigenvalue weighted by molar-refractivity contribution is 0.440. The fourth-order valence-corrected chi connectivity index (χ4v) is 1.61. The predicted octanol–water partition coefficient (Wildman–Crippen LogP) is 2.20. The van der Waals surface area contributed by atoms with Gasteiger partial charge in [0.2, 0.25) is 0 Å². The standard InChI is InChI=1S/C10H20N2/c1-4-9(8(2)3)12-10-6-5-7-11-10/h8-9H,4-7H2,1-3H3,(H,11,12). The van der Waals surface area contributed by atoms with Gasteiger partial charge in [-0.3, -0.25) is 4.99 Å². The quantitative estimate of drug-likeness (QED) is 0.686. The van der Waals surface area contributed by atoms with Gasteiger partial charge in [0.15, 0.2) is 0 Å². The molecule has 1 N–H and O–H groups in total. The van der Waals surface area contributed by atoms with Crippen LogP contribution in [0.2, 0.25) is 0 Å². The second-order valence-electron chi connectivity index (χ2n) is 3.84. The van der Waals surface area contributed by atoms with Gasteiger partial charge in [-0.15, -0.1) is 0 Å². The summed E-state index contributed by atoms with van der Waals surface area (Å²) in [4.78, 5) is 4.41. The molecule has 0 bridgehead atoms. The Hall–Kier alpha value is -0.530. The van der Waals surface area contributed by atoms with Gasteiger partial charge in [-0.2, -0.15) is 0 Å². The number of amidine groups is 1. The van der Waals surface area contributed by atoms with Crippen LogP contribution in [0.1, 0.15) is 40.0 Å². The summed E-state index contributed by atoms with van der Waals surface area (Å²) in [5.41, 5.74) is 0. The number of aliphatic imine (C=N–C) groups is 1. The summed E-state index contributed by atoms with van der Waals surface area (Å²) >= 11 is 0. The summed E-state index contributed by atoms with van der Waals surface area (Å²) < 4.78 is 0. The van der Waals surface area contributed by atoms with Gasteiger partial charge in [-0.25, -0.2) is 0 Å². The normalized spacial score (nSPS) is 19.5. The van der Waals surface area contributed by atoms with Crippen molar-refractivity contribution < 1.29 is 0 Å². The first kappa shape index (κ1) is 9.56. The van der Waals surface area contributed by atoms with Crippen LogP contribution in [0.3, 0.4) is 0 Å². The molecule has 0 saturated heterocycles. The van der Waals surface area contributed by atoms with Crippen LogP contribution in [-0.2, 0) is 0 Å². The van der Waals surface area contributed by atoms with Crippen LogP contribution in [0.4, 0.5) is 0 Å². The fraction of sp³-hybridized carbons (Fsp3) is 0.900. The van der Waals surface area contributed by atoms with Crippen molar-refractivity contribution in [1.29, 1.82) is 0 Å².